The molecule has 23 heavy (non-hydrogen) atoms. The topological polar surface area (TPSA) is 51.3 Å². The largest absolute Gasteiger partial charge is 0.441 e. The zero-order chi connectivity index (χ0) is 15.9. The molecule has 5 nitrogen and oxygen atoms in total. The van der Waals surface area contributed by atoms with Crippen molar-refractivity contribution in [2.24, 2.45) is 0 Å². The standard InChI is InChI=1S/C18H23N3O2/c22-18-21(15-7-14-20-12-5-2-6-13-20)17(19-23-18)11-10-16-8-3-1-4-9-16/h1,3-4,8-11H,2,5-7,12-15H2/b11-10+. The Kier molecular flexibility index (Phi) is 5.42. The first-order chi connectivity index (χ1) is 11.3. The minimum absolute atomic E-state index is 0.378. The Hall–Kier alpha value is -2.14. The quantitative estimate of drug-likeness (QED) is 0.823. The first-order valence-corrected chi connectivity index (χ1v) is 8.35. The molecule has 1 saturated heterocycles. The summed E-state index contributed by atoms with van der Waals surface area (Å²) < 4.78 is 6.43. The van der Waals surface area contributed by atoms with Crippen LogP contribution < -0.4 is 5.76 Å². The van der Waals surface area contributed by atoms with Crippen molar-refractivity contribution in [2.45, 2.75) is 32.2 Å². The number of likely N-dealkylation sites (tertiary alicyclic amines) is 1. The molecule has 1 aliphatic heterocycles. The number of aromatic nitrogens is 2. The highest BCUT2D eigenvalue weighted by Gasteiger charge is 2.11. The smallest absolute Gasteiger partial charge is 0.303 e. The van der Waals surface area contributed by atoms with E-state index in [9.17, 15) is 4.79 Å². The molecular formula is C18H23N3O2. The van der Waals surface area contributed by atoms with Gasteiger partial charge < -0.3 is 4.90 Å². The summed E-state index contributed by atoms with van der Waals surface area (Å²) in [6.45, 7) is 4.03. The molecule has 1 aromatic carbocycles. The number of piperidine rings is 1. The predicted molar refractivity (Wildman–Crippen MR) is 91.0 cm³/mol. The molecule has 0 amide bonds. The van der Waals surface area contributed by atoms with E-state index in [1.165, 1.54) is 32.4 Å². The Labute approximate surface area is 136 Å². The molecule has 1 aromatic heterocycles. The number of hydrogen-bond acceptors (Lipinski definition) is 4. The highest BCUT2D eigenvalue weighted by molar-refractivity contribution is 5.66. The zero-order valence-corrected chi connectivity index (χ0v) is 13.4. The van der Waals surface area contributed by atoms with Crippen LogP contribution >= 0.6 is 0 Å². The maximum atomic E-state index is 11.8. The van der Waals surface area contributed by atoms with Crippen molar-refractivity contribution in [1.29, 1.82) is 0 Å². The second-order valence-electron chi connectivity index (χ2n) is 5.96. The molecule has 0 saturated carbocycles. The first-order valence-electron chi connectivity index (χ1n) is 8.35. The molecule has 1 fully saturated rings. The second-order valence-corrected chi connectivity index (χ2v) is 5.96. The lowest BCUT2D eigenvalue weighted by Crippen LogP contribution is -2.31. The van der Waals surface area contributed by atoms with E-state index >= 15 is 0 Å². The predicted octanol–water partition coefficient (Wildman–Crippen LogP) is 2.88. The fourth-order valence-electron chi connectivity index (χ4n) is 2.97. The Morgan fingerprint density at radius 1 is 1.04 bits per heavy atom. The van der Waals surface area contributed by atoms with Crippen LogP contribution in [0.4, 0.5) is 0 Å². The van der Waals surface area contributed by atoms with Gasteiger partial charge in [0.15, 0.2) is 5.82 Å². The molecule has 0 radical (unpaired) electrons. The molecule has 5 heteroatoms. The van der Waals surface area contributed by atoms with E-state index in [4.69, 9.17) is 4.52 Å². The zero-order valence-electron chi connectivity index (χ0n) is 13.4. The van der Waals surface area contributed by atoms with E-state index in [0.29, 0.717) is 12.4 Å². The molecule has 0 bridgehead atoms. The van der Waals surface area contributed by atoms with Gasteiger partial charge in [-0.3, -0.25) is 9.09 Å². The highest BCUT2D eigenvalue weighted by Crippen LogP contribution is 2.10. The van der Waals surface area contributed by atoms with Gasteiger partial charge in [0.05, 0.1) is 0 Å². The maximum Gasteiger partial charge on any atom is 0.441 e. The van der Waals surface area contributed by atoms with Crippen molar-refractivity contribution in [3.63, 3.8) is 0 Å². The van der Waals surface area contributed by atoms with Gasteiger partial charge in [-0.25, -0.2) is 4.79 Å². The summed E-state index contributed by atoms with van der Waals surface area (Å²) in [6, 6.07) is 9.96. The normalized spacial score (nSPS) is 16.2. The van der Waals surface area contributed by atoms with Crippen LogP contribution in [-0.4, -0.2) is 34.3 Å². The van der Waals surface area contributed by atoms with Gasteiger partial charge in [-0.05, 0) is 50.5 Å². The van der Waals surface area contributed by atoms with Gasteiger partial charge in [0, 0.05) is 6.54 Å². The third-order valence-corrected chi connectivity index (χ3v) is 4.24. The van der Waals surface area contributed by atoms with Crippen molar-refractivity contribution >= 4 is 12.2 Å². The van der Waals surface area contributed by atoms with E-state index in [1.54, 1.807) is 4.57 Å². The Balaban J connectivity index is 1.60. The van der Waals surface area contributed by atoms with Crippen molar-refractivity contribution in [1.82, 2.24) is 14.6 Å². The van der Waals surface area contributed by atoms with Gasteiger partial charge >= 0.3 is 5.76 Å². The lowest BCUT2D eigenvalue weighted by Gasteiger charge is -2.26. The number of rotatable bonds is 6. The SMILES string of the molecule is O=c1onc(/C=C/c2ccccc2)n1CCCN1CCCCC1. The minimum atomic E-state index is -0.378. The first kappa shape index (κ1) is 15.7. The Morgan fingerprint density at radius 2 is 1.83 bits per heavy atom. The van der Waals surface area contributed by atoms with Gasteiger partial charge in [0.2, 0.25) is 0 Å². The van der Waals surface area contributed by atoms with Crippen LogP contribution in [0.1, 0.15) is 37.1 Å². The summed E-state index contributed by atoms with van der Waals surface area (Å²) in [5.74, 6) is 0.203. The van der Waals surface area contributed by atoms with Crippen LogP contribution in [0.25, 0.3) is 12.2 Å². The van der Waals surface area contributed by atoms with Gasteiger partial charge in [0.1, 0.15) is 0 Å². The van der Waals surface area contributed by atoms with Gasteiger partial charge in [-0.1, -0.05) is 48.0 Å². The lowest BCUT2D eigenvalue weighted by atomic mass is 10.1. The molecule has 0 spiro atoms. The van der Waals surface area contributed by atoms with Crippen molar-refractivity contribution in [3.05, 3.63) is 52.3 Å². The van der Waals surface area contributed by atoms with E-state index < -0.39 is 0 Å². The fraction of sp³-hybridized carbons (Fsp3) is 0.444. The number of hydrogen-bond donors (Lipinski definition) is 0. The Bertz CT molecular complexity index is 682. The van der Waals surface area contributed by atoms with Crippen LogP contribution in [0, 0.1) is 0 Å². The van der Waals surface area contributed by atoms with E-state index in [2.05, 4.69) is 10.1 Å². The molecule has 0 atom stereocenters. The summed E-state index contributed by atoms with van der Waals surface area (Å²) >= 11 is 0. The molecule has 2 aromatic rings. The van der Waals surface area contributed by atoms with Crippen LogP contribution in [0.3, 0.4) is 0 Å². The lowest BCUT2D eigenvalue weighted by molar-refractivity contribution is 0.222. The molecule has 1 aliphatic rings. The molecule has 0 aliphatic carbocycles. The van der Waals surface area contributed by atoms with Crippen molar-refractivity contribution in [3.8, 4) is 0 Å². The molecule has 0 unspecified atom stereocenters. The van der Waals surface area contributed by atoms with Crippen LogP contribution in [0.5, 0.6) is 0 Å². The average molecular weight is 313 g/mol. The molecule has 122 valence electrons. The van der Waals surface area contributed by atoms with Crippen molar-refractivity contribution < 1.29 is 4.52 Å². The van der Waals surface area contributed by atoms with Crippen LogP contribution in [0.15, 0.2) is 39.6 Å². The molecule has 3 rings (SSSR count). The number of nitrogens with zero attached hydrogens (tertiary/aromatic N) is 3. The Morgan fingerprint density at radius 3 is 2.61 bits per heavy atom. The van der Waals surface area contributed by atoms with Gasteiger partial charge in [-0.2, -0.15) is 0 Å². The van der Waals surface area contributed by atoms with E-state index in [1.807, 2.05) is 42.5 Å². The van der Waals surface area contributed by atoms with Gasteiger partial charge in [-0.15, -0.1) is 0 Å². The minimum Gasteiger partial charge on any atom is -0.303 e. The number of benzene rings is 1. The van der Waals surface area contributed by atoms with Crippen molar-refractivity contribution in [2.75, 3.05) is 19.6 Å². The summed E-state index contributed by atoms with van der Waals surface area (Å²) in [5, 5.41) is 3.87. The molecular weight excluding hydrogens is 290 g/mol. The summed E-state index contributed by atoms with van der Waals surface area (Å²) in [6.07, 6.45) is 8.64. The van der Waals surface area contributed by atoms with Gasteiger partial charge in [0.25, 0.3) is 0 Å². The van der Waals surface area contributed by atoms with Crippen LogP contribution in [-0.2, 0) is 6.54 Å². The third-order valence-electron chi connectivity index (χ3n) is 4.24. The fourth-order valence-corrected chi connectivity index (χ4v) is 2.97. The third kappa shape index (κ3) is 4.42. The summed E-state index contributed by atoms with van der Waals surface area (Å²) in [4.78, 5) is 14.3. The highest BCUT2D eigenvalue weighted by atomic mass is 16.5. The summed E-state index contributed by atoms with van der Waals surface area (Å²) in [7, 11) is 0. The van der Waals surface area contributed by atoms with E-state index in [0.717, 1.165) is 18.5 Å². The second kappa shape index (κ2) is 7.92. The maximum absolute atomic E-state index is 11.8. The monoisotopic (exact) mass is 313 g/mol. The van der Waals surface area contributed by atoms with Crippen LogP contribution in [0.2, 0.25) is 0 Å². The van der Waals surface area contributed by atoms with E-state index in [-0.39, 0.29) is 5.76 Å². The molecule has 0 N–H and O–H groups in total. The summed E-state index contributed by atoms with van der Waals surface area (Å²) in [5.41, 5.74) is 1.07. The molecule has 2 heterocycles. The average Bonchev–Trinajstić information content (AvgIpc) is 2.95.